The van der Waals surface area contributed by atoms with Gasteiger partial charge < -0.3 is 0 Å². The number of hydrogen-bond acceptors (Lipinski definition) is 0. The van der Waals surface area contributed by atoms with E-state index in [0.717, 1.165) is 17.0 Å². The van der Waals surface area contributed by atoms with Crippen LogP contribution in [0.5, 0.6) is 0 Å². The topological polar surface area (TPSA) is 0 Å². The van der Waals surface area contributed by atoms with Gasteiger partial charge in [0.25, 0.3) is 0 Å². The minimum absolute atomic E-state index is 0.401. The Hall–Kier alpha value is -2.26. The molecule has 0 aromatic heterocycles. The molecule has 1 fully saturated rings. The second-order valence-electron chi connectivity index (χ2n) is 9.82. The monoisotopic (exact) mass is 462 g/mol. The van der Waals surface area contributed by atoms with E-state index >= 15 is 0 Å². The highest BCUT2D eigenvalue weighted by Gasteiger charge is 2.21. The highest BCUT2D eigenvalue weighted by atomic mass is 28.3. The van der Waals surface area contributed by atoms with Crippen LogP contribution in [0.25, 0.3) is 22.3 Å². The third-order valence-corrected chi connectivity index (χ3v) is 11.0. The molecule has 0 unspecified atom stereocenters. The first-order chi connectivity index (χ1) is 16.1. The molecule has 0 aliphatic carbocycles. The van der Waals surface area contributed by atoms with Crippen molar-refractivity contribution in [2.45, 2.75) is 70.0 Å². The van der Waals surface area contributed by atoms with Crippen molar-refractivity contribution in [1.29, 1.82) is 0 Å². The van der Waals surface area contributed by atoms with Crippen LogP contribution in [0, 0.1) is 17.6 Å². The van der Waals surface area contributed by atoms with E-state index in [1.807, 2.05) is 12.1 Å². The Labute approximate surface area is 199 Å². The van der Waals surface area contributed by atoms with E-state index in [2.05, 4.69) is 43.3 Å². The van der Waals surface area contributed by atoms with Crippen molar-refractivity contribution in [3.05, 3.63) is 83.9 Å². The Kier molecular flexibility index (Phi) is 8.50. The molecule has 0 N–H and O–H groups in total. The van der Waals surface area contributed by atoms with Crippen molar-refractivity contribution in [2.75, 3.05) is 0 Å². The van der Waals surface area contributed by atoms with E-state index < -0.39 is 20.4 Å². The van der Waals surface area contributed by atoms with Crippen LogP contribution in [0.3, 0.4) is 0 Å². The van der Waals surface area contributed by atoms with Gasteiger partial charge in [-0.25, -0.2) is 8.78 Å². The lowest BCUT2D eigenvalue weighted by Crippen LogP contribution is -2.21. The van der Waals surface area contributed by atoms with Crippen LogP contribution >= 0.6 is 0 Å². The van der Waals surface area contributed by atoms with Gasteiger partial charge in [-0.15, -0.1) is 0 Å². The lowest BCUT2D eigenvalue weighted by atomic mass is 9.93. The Morgan fingerprint density at radius 3 is 1.91 bits per heavy atom. The number of hydrogen-bond donors (Lipinski definition) is 0. The number of halogens is 2. The van der Waals surface area contributed by atoms with E-state index in [1.165, 1.54) is 68.2 Å². The summed E-state index contributed by atoms with van der Waals surface area (Å²) in [6.45, 7) is 2.31. The van der Waals surface area contributed by atoms with Crippen LogP contribution in [0.4, 0.5) is 8.78 Å². The van der Waals surface area contributed by atoms with Gasteiger partial charge >= 0.3 is 0 Å². The Morgan fingerprint density at radius 1 is 0.727 bits per heavy atom. The molecule has 0 bridgehead atoms. The maximum atomic E-state index is 13.5. The van der Waals surface area contributed by atoms with Gasteiger partial charge in [0.2, 0.25) is 0 Å². The zero-order valence-corrected chi connectivity index (χ0v) is 21.0. The highest BCUT2D eigenvalue weighted by Crippen LogP contribution is 2.32. The Balaban J connectivity index is 1.27. The van der Waals surface area contributed by atoms with Crippen LogP contribution < -0.4 is 0 Å². The third kappa shape index (κ3) is 6.63. The summed E-state index contributed by atoms with van der Waals surface area (Å²) in [5.74, 6) is -0.690. The zero-order valence-electron chi connectivity index (χ0n) is 19.8. The summed E-state index contributed by atoms with van der Waals surface area (Å²) in [4.78, 5) is 0. The molecule has 1 saturated heterocycles. The summed E-state index contributed by atoms with van der Waals surface area (Å²) < 4.78 is 26.7. The fourth-order valence-electron chi connectivity index (χ4n) is 5.26. The Bertz CT molecular complexity index is 1000. The van der Waals surface area contributed by atoms with Crippen molar-refractivity contribution in [3.63, 3.8) is 0 Å². The lowest BCUT2D eigenvalue weighted by Gasteiger charge is -2.27. The smallest absolute Gasteiger partial charge is 0.159 e. The molecular formula is C30H36F2Si. The minimum atomic E-state index is -0.813. The molecule has 0 amide bonds. The van der Waals surface area contributed by atoms with Gasteiger partial charge in [-0.1, -0.05) is 112 Å². The maximum absolute atomic E-state index is 13.5. The van der Waals surface area contributed by atoms with Gasteiger partial charge in [-0.05, 0) is 58.7 Å². The van der Waals surface area contributed by atoms with Gasteiger partial charge in [0.05, 0.1) is 0 Å². The highest BCUT2D eigenvalue weighted by molar-refractivity contribution is 6.58. The molecule has 4 rings (SSSR count). The fourth-order valence-corrected chi connectivity index (χ4v) is 8.87. The van der Waals surface area contributed by atoms with Crippen LogP contribution in [0.1, 0.15) is 51.0 Å². The molecule has 0 atom stereocenters. The van der Waals surface area contributed by atoms with Gasteiger partial charge in [-0.3, -0.25) is 0 Å². The standard InChI is InChI=1S/C30H36F2Si/c1-2-3-4-19-33-20-17-24(18-21-33)6-5-23-7-9-25(10-8-23)26-11-13-27(14-12-26)28-15-16-29(31)30(32)22-28/h7-16,22,24,33H,2-6,17-21H2,1H3/t24-,33-. The lowest BCUT2D eigenvalue weighted by molar-refractivity contribution is 0.437. The average Bonchev–Trinajstić information content (AvgIpc) is 2.86. The molecule has 3 heteroatoms. The predicted octanol–water partition coefficient (Wildman–Crippen LogP) is 9.06. The first-order valence-electron chi connectivity index (χ1n) is 12.8. The molecule has 1 heterocycles. The van der Waals surface area contributed by atoms with Crippen molar-refractivity contribution in [3.8, 4) is 22.3 Å². The molecule has 174 valence electrons. The van der Waals surface area contributed by atoms with E-state index in [1.54, 1.807) is 24.2 Å². The zero-order chi connectivity index (χ0) is 23.0. The fraction of sp³-hybridized carbons (Fsp3) is 0.400. The number of benzene rings is 3. The van der Waals surface area contributed by atoms with E-state index in [4.69, 9.17) is 0 Å². The van der Waals surface area contributed by atoms with E-state index in [-0.39, 0.29) is 0 Å². The van der Waals surface area contributed by atoms with Gasteiger partial charge in [0, 0.05) is 8.80 Å². The van der Waals surface area contributed by atoms with E-state index in [0.29, 0.717) is 5.56 Å². The molecule has 0 saturated carbocycles. The van der Waals surface area contributed by atoms with Crippen LogP contribution in [0.15, 0.2) is 66.7 Å². The second kappa shape index (κ2) is 11.7. The van der Waals surface area contributed by atoms with Gasteiger partial charge in [-0.2, -0.15) is 0 Å². The number of rotatable bonds is 9. The molecule has 0 radical (unpaired) electrons. The summed E-state index contributed by atoms with van der Waals surface area (Å²) in [5.41, 5.74) is 5.33. The molecule has 1 aliphatic rings. The van der Waals surface area contributed by atoms with Crippen molar-refractivity contribution in [1.82, 2.24) is 0 Å². The average molecular weight is 463 g/mol. The van der Waals surface area contributed by atoms with Gasteiger partial charge in [0.1, 0.15) is 0 Å². The Morgan fingerprint density at radius 2 is 1.30 bits per heavy atom. The summed E-state index contributed by atoms with van der Waals surface area (Å²) >= 11 is 0. The predicted molar refractivity (Wildman–Crippen MR) is 139 cm³/mol. The number of unbranched alkanes of at least 4 members (excludes halogenated alkanes) is 2. The second-order valence-corrected chi connectivity index (χ2v) is 13.3. The minimum Gasteiger partial charge on any atom is -0.204 e. The van der Waals surface area contributed by atoms with Crippen LogP contribution in [0.2, 0.25) is 18.1 Å². The van der Waals surface area contributed by atoms with Gasteiger partial charge in [0.15, 0.2) is 11.6 Å². The molecule has 0 nitrogen and oxygen atoms in total. The molecule has 0 spiro atoms. The summed E-state index contributed by atoms with van der Waals surface area (Å²) in [7, 11) is -0.401. The van der Waals surface area contributed by atoms with Crippen molar-refractivity contribution >= 4 is 8.80 Å². The van der Waals surface area contributed by atoms with Crippen molar-refractivity contribution < 1.29 is 8.78 Å². The first-order valence-corrected chi connectivity index (χ1v) is 15.2. The molecule has 33 heavy (non-hydrogen) atoms. The maximum Gasteiger partial charge on any atom is 0.159 e. The SMILES string of the molecule is CCCCC[Si@H]1CC[C@H](CCc2ccc(-c3ccc(-c4ccc(F)c(F)c4)cc3)cc2)CC1. The van der Waals surface area contributed by atoms with Crippen molar-refractivity contribution in [2.24, 2.45) is 5.92 Å². The van der Waals surface area contributed by atoms with E-state index in [9.17, 15) is 8.78 Å². The van der Waals surface area contributed by atoms with Crippen LogP contribution in [-0.4, -0.2) is 8.80 Å². The third-order valence-electron chi connectivity index (χ3n) is 7.45. The molecule has 1 aliphatic heterocycles. The first kappa shape index (κ1) is 23.9. The quantitative estimate of drug-likeness (QED) is 0.220. The summed E-state index contributed by atoms with van der Waals surface area (Å²) in [6, 6.07) is 25.8. The number of aryl methyl sites for hydroxylation is 1. The summed E-state index contributed by atoms with van der Waals surface area (Å²) in [6.07, 6.45) is 9.74. The normalized spacial score (nSPS) is 18.4. The largest absolute Gasteiger partial charge is 0.204 e. The summed E-state index contributed by atoms with van der Waals surface area (Å²) in [5, 5.41) is 0. The molecular weight excluding hydrogens is 426 g/mol. The van der Waals surface area contributed by atoms with Crippen LogP contribution in [-0.2, 0) is 6.42 Å². The molecule has 3 aromatic carbocycles. The molecule has 3 aromatic rings.